The Labute approximate surface area is 162 Å². The number of benzene rings is 2. The fourth-order valence-corrected chi connectivity index (χ4v) is 3.24. The van der Waals surface area contributed by atoms with Gasteiger partial charge in [0.25, 0.3) is 5.91 Å². The van der Waals surface area contributed by atoms with Crippen LogP contribution in [0.1, 0.15) is 10.4 Å². The molecule has 0 fully saturated rings. The minimum atomic E-state index is -0.715. The van der Waals surface area contributed by atoms with Crippen LogP contribution in [0, 0.1) is 11.6 Å². The first-order valence-corrected chi connectivity index (χ1v) is 9.08. The summed E-state index contributed by atoms with van der Waals surface area (Å²) in [6, 6.07) is 13.0. The molecule has 4 aromatic rings. The van der Waals surface area contributed by atoms with E-state index in [2.05, 4.69) is 20.3 Å². The molecule has 2 aromatic heterocycles. The van der Waals surface area contributed by atoms with Crippen LogP contribution in [0.5, 0.6) is 0 Å². The summed E-state index contributed by atoms with van der Waals surface area (Å²) in [6.07, 6.45) is 2.82. The Kier molecular flexibility index (Phi) is 4.86. The zero-order valence-electron chi connectivity index (χ0n) is 14.3. The third-order valence-corrected chi connectivity index (χ3v) is 4.65. The molecule has 0 atom stereocenters. The molecule has 0 saturated carbocycles. The Bertz CT molecular complexity index is 1110. The standard InChI is InChI=1S/C20H12F2N4OS/c21-14-7-4-8-15(22)17(14)16-11-28-20(25-16)26-19(27)13-9-23-18(24-10-13)12-5-2-1-3-6-12/h1-11H,(H,25,26,27). The maximum Gasteiger partial charge on any atom is 0.260 e. The molecule has 2 aromatic carbocycles. The average Bonchev–Trinajstić information content (AvgIpc) is 3.16. The number of aromatic nitrogens is 3. The minimum absolute atomic E-state index is 0.117. The molecule has 0 radical (unpaired) electrons. The van der Waals surface area contributed by atoms with Gasteiger partial charge in [-0.25, -0.2) is 23.7 Å². The molecule has 2 heterocycles. The van der Waals surface area contributed by atoms with Gasteiger partial charge in [0.15, 0.2) is 11.0 Å². The average molecular weight is 394 g/mol. The molecule has 28 heavy (non-hydrogen) atoms. The summed E-state index contributed by atoms with van der Waals surface area (Å²) in [6.45, 7) is 0. The van der Waals surface area contributed by atoms with Crippen molar-refractivity contribution in [1.29, 1.82) is 0 Å². The molecule has 0 aliphatic heterocycles. The Morgan fingerprint density at radius 2 is 1.61 bits per heavy atom. The maximum atomic E-state index is 13.9. The van der Waals surface area contributed by atoms with Gasteiger partial charge in [-0.3, -0.25) is 10.1 Å². The maximum absolute atomic E-state index is 13.9. The Balaban J connectivity index is 1.51. The van der Waals surface area contributed by atoms with Crippen molar-refractivity contribution < 1.29 is 13.6 Å². The molecule has 5 nitrogen and oxygen atoms in total. The highest BCUT2D eigenvalue weighted by atomic mass is 32.1. The van der Waals surface area contributed by atoms with Crippen molar-refractivity contribution in [2.45, 2.75) is 0 Å². The highest BCUT2D eigenvalue weighted by Gasteiger charge is 2.16. The van der Waals surface area contributed by atoms with E-state index in [9.17, 15) is 13.6 Å². The molecule has 4 rings (SSSR count). The van der Waals surface area contributed by atoms with Crippen LogP contribution < -0.4 is 5.32 Å². The number of anilines is 1. The molecule has 1 amide bonds. The van der Waals surface area contributed by atoms with Gasteiger partial charge >= 0.3 is 0 Å². The van der Waals surface area contributed by atoms with E-state index >= 15 is 0 Å². The second-order valence-corrected chi connectivity index (χ2v) is 6.61. The van der Waals surface area contributed by atoms with Gasteiger partial charge in [-0.2, -0.15) is 0 Å². The van der Waals surface area contributed by atoms with E-state index in [-0.39, 0.29) is 22.0 Å². The first-order chi connectivity index (χ1) is 13.6. The summed E-state index contributed by atoms with van der Waals surface area (Å²) in [7, 11) is 0. The second kappa shape index (κ2) is 7.61. The van der Waals surface area contributed by atoms with Crippen LogP contribution in [-0.4, -0.2) is 20.9 Å². The highest BCUT2D eigenvalue weighted by molar-refractivity contribution is 7.14. The highest BCUT2D eigenvalue weighted by Crippen LogP contribution is 2.29. The molecule has 0 bridgehead atoms. The normalized spacial score (nSPS) is 10.6. The van der Waals surface area contributed by atoms with Gasteiger partial charge in [-0.05, 0) is 12.1 Å². The number of thiazole rings is 1. The van der Waals surface area contributed by atoms with Crippen LogP contribution in [0.25, 0.3) is 22.6 Å². The van der Waals surface area contributed by atoms with Crippen LogP contribution in [0.15, 0.2) is 66.3 Å². The van der Waals surface area contributed by atoms with Gasteiger partial charge in [0, 0.05) is 23.3 Å². The van der Waals surface area contributed by atoms with Crippen molar-refractivity contribution in [3.05, 3.63) is 83.5 Å². The summed E-state index contributed by atoms with van der Waals surface area (Å²) in [5.41, 5.74) is 0.973. The lowest BCUT2D eigenvalue weighted by Crippen LogP contribution is -2.12. The number of carbonyl (C=O) groups excluding carboxylic acids is 1. The number of nitrogens with zero attached hydrogens (tertiary/aromatic N) is 3. The monoisotopic (exact) mass is 394 g/mol. The Morgan fingerprint density at radius 3 is 2.29 bits per heavy atom. The summed E-state index contributed by atoms with van der Waals surface area (Å²) in [5.74, 6) is -1.39. The van der Waals surface area contributed by atoms with Gasteiger partial charge < -0.3 is 0 Å². The molecular weight excluding hydrogens is 382 g/mol. The zero-order chi connectivity index (χ0) is 19.5. The molecule has 0 saturated heterocycles. The van der Waals surface area contributed by atoms with E-state index in [4.69, 9.17) is 0 Å². The molecule has 1 N–H and O–H groups in total. The third-order valence-electron chi connectivity index (χ3n) is 3.89. The van der Waals surface area contributed by atoms with Crippen LogP contribution >= 0.6 is 11.3 Å². The quantitative estimate of drug-likeness (QED) is 0.540. The van der Waals surface area contributed by atoms with Crippen LogP contribution in [0.3, 0.4) is 0 Å². The fraction of sp³-hybridized carbons (Fsp3) is 0. The Morgan fingerprint density at radius 1 is 0.929 bits per heavy atom. The molecule has 8 heteroatoms. The molecule has 0 spiro atoms. The van der Waals surface area contributed by atoms with Crippen molar-refractivity contribution in [1.82, 2.24) is 15.0 Å². The predicted octanol–water partition coefficient (Wildman–Crippen LogP) is 4.80. The van der Waals surface area contributed by atoms with Crippen LogP contribution in [-0.2, 0) is 0 Å². The molecule has 0 unspecified atom stereocenters. The molecule has 138 valence electrons. The van der Waals surface area contributed by atoms with E-state index in [0.29, 0.717) is 5.82 Å². The second-order valence-electron chi connectivity index (χ2n) is 5.75. The molecule has 0 aliphatic carbocycles. The lowest BCUT2D eigenvalue weighted by Gasteiger charge is -2.03. The summed E-state index contributed by atoms with van der Waals surface area (Å²) in [5, 5.41) is 4.29. The summed E-state index contributed by atoms with van der Waals surface area (Å²) < 4.78 is 27.7. The fourth-order valence-electron chi connectivity index (χ4n) is 2.54. The number of hydrogen-bond acceptors (Lipinski definition) is 5. The van der Waals surface area contributed by atoms with E-state index in [1.165, 1.54) is 23.8 Å². The first kappa shape index (κ1) is 17.9. The van der Waals surface area contributed by atoms with Gasteiger partial charge in [0.2, 0.25) is 0 Å². The lowest BCUT2D eigenvalue weighted by atomic mass is 10.1. The number of amides is 1. The zero-order valence-corrected chi connectivity index (χ0v) is 15.1. The summed E-state index contributed by atoms with van der Waals surface area (Å²) >= 11 is 1.07. The number of nitrogens with one attached hydrogen (secondary N) is 1. The van der Waals surface area contributed by atoms with Crippen molar-refractivity contribution in [3.63, 3.8) is 0 Å². The topological polar surface area (TPSA) is 67.8 Å². The predicted molar refractivity (Wildman–Crippen MR) is 103 cm³/mol. The van der Waals surface area contributed by atoms with Gasteiger partial charge in [-0.1, -0.05) is 36.4 Å². The molecule has 0 aliphatic rings. The smallest absolute Gasteiger partial charge is 0.260 e. The van der Waals surface area contributed by atoms with E-state index in [1.807, 2.05) is 30.3 Å². The van der Waals surface area contributed by atoms with Gasteiger partial charge in [0.05, 0.1) is 16.8 Å². The largest absolute Gasteiger partial charge is 0.298 e. The van der Waals surface area contributed by atoms with Crippen molar-refractivity contribution in [3.8, 4) is 22.6 Å². The third kappa shape index (κ3) is 3.63. The molecular formula is C20H12F2N4OS. The van der Waals surface area contributed by atoms with Crippen molar-refractivity contribution in [2.24, 2.45) is 0 Å². The van der Waals surface area contributed by atoms with Crippen molar-refractivity contribution in [2.75, 3.05) is 5.32 Å². The van der Waals surface area contributed by atoms with Gasteiger partial charge in [0.1, 0.15) is 11.6 Å². The van der Waals surface area contributed by atoms with E-state index in [0.717, 1.165) is 29.0 Å². The first-order valence-electron chi connectivity index (χ1n) is 8.20. The summed E-state index contributed by atoms with van der Waals surface area (Å²) in [4.78, 5) is 24.9. The van der Waals surface area contributed by atoms with Crippen LogP contribution in [0.2, 0.25) is 0 Å². The van der Waals surface area contributed by atoms with Crippen molar-refractivity contribution >= 4 is 22.4 Å². The number of halogens is 2. The number of carbonyl (C=O) groups is 1. The SMILES string of the molecule is O=C(Nc1nc(-c2c(F)cccc2F)cs1)c1cnc(-c2ccccc2)nc1. The Hall–Kier alpha value is -3.52. The van der Waals surface area contributed by atoms with Gasteiger partial charge in [-0.15, -0.1) is 11.3 Å². The van der Waals surface area contributed by atoms with Crippen LogP contribution in [0.4, 0.5) is 13.9 Å². The van der Waals surface area contributed by atoms with E-state index < -0.39 is 17.5 Å². The number of hydrogen-bond donors (Lipinski definition) is 1. The van der Waals surface area contributed by atoms with E-state index in [1.54, 1.807) is 0 Å². The lowest BCUT2D eigenvalue weighted by molar-refractivity contribution is 0.102. The number of rotatable bonds is 4. The minimum Gasteiger partial charge on any atom is -0.298 e.